The fraction of sp³-hybridized carbons (Fsp3) is 0.471. The molecule has 0 radical (unpaired) electrons. The third-order valence-electron chi connectivity index (χ3n) is 4.73. The molecule has 1 aromatic carbocycles. The second-order valence-electron chi connectivity index (χ2n) is 6.29. The van der Waals surface area contributed by atoms with E-state index in [0.29, 0.717) is 0 Å². The van der Waals surface area contributed by atoms with E-state index in [4.69, 9.17) is 4.74 Å². The Morgan fingerprint density at radius 1 is 1.25 bits per heavy atom. The number of hydrogen-bond donors (Lipinski definition) is 1. The molecule has 2 aliphatic rings. The summed E-state index contributed by atoms with van der Waals surface area (Å²) in [7, 11) is 0. The van der Waals surface area contributed by atoms with Crippen LogP contribution in [0.3, 0.4) is 0 Å². The second-order valence-corrected chi connectivity index (χ2v) is 6.85. The summed E-state index contributed by atoms with van der Waals surface area (Å²) in [5, 5.41) is 3.16. The molecule has 1 saturated heterocycles. The highest BCUT2D eigenvalue weighted by atomic mass is 32.1. The molecular weight excluding hydrogens is 324 g/mol. The van der Waals surface area contributed by atoms with Gasteiger partial charge in [0.25, 0.3) is 5.91 Å². The van der Waals surface area contributed by atoms with Crippen molar-refractivity contribution < 1.29 is 9.53 Å². The number of para-hydroxylation sites is 1. The molecule has 7 heteroatoms. The van der Waals surface area contributed by atoms with Gasteiger partial charge >= 0.3 is 0 Å². The molecule has 1 aromatic heterocycles. The summed E-state index contributed by atoms with van der Waals surface area (Å²) < 4.78 is 14.2. The van der Waals surface area contributed by atoms with E-state index in [2.05, 4.69) is 25.0 Å². The van der Waals surface area contributed by atoms with E-state index in [1.54, 1.807) is 6.20 Å². The van der Waals surface area contributed by atoms with Gasteiger partial charge in [0.2, 0.25) is 0 Å². The van der Waals surface area contributed by atoms with E-state index >= 15 is 0 Å². The van der Waals surface area contributed by atoms with Crippen molar-refractivity contribution in [2.75, 3.05) is 18.0 Å². The maximum absolute atomic E-state index is 12.5. The Morgan fingerprint density at radius 2 is 2.08 bits per heavy atom. The number of amides is 1. The molecule has 1 fully saturated rings. The number of fused-ring (bicyclic) bond motifs is 1. The lowest BCUT2D eigenvalue weighted by Crippen LogP contribution is -2.49. The number of nitrogens with one attached hydrogen (secondary N) is 1. The van der Waals surface area contributed by atoms with Crippen LogP contribution in [0.15, 0.2) is 30.5 Å². The van der Waals surface area contributed by atoms with Crippen LogP contribution in [0.5, 0.6) is 5.75 Å². The van der Waals surface area contributed by atoms with Gasteiger partial charge in [-0.3, -0.25) is 4.79 Å². The van der Waals surface area contributed by atoms with Gasteiger partial charge in [-0.15, -0.1) is 0 Å². The average Bonchev–Trinajstić information content (AvgIpc) is 3.16. The van der Waals surface area contributed by atoms with Crippen LogP contribution in [0.4, 0.5) is 5.82 Å². The Bertz CT molecular complexity index is 698. The largest absolute Gasteiger partial charge is 0.480 e. The van der Waals surface area contributed by atoms with Gasteiger partial charge in [-0.2, -0.15) is 8.75 Å². The molecule has 0 aliphatic carbocycles. The molecule has 1 amide bonds. The average molecular weight is 344 g/mol. The zero-order valence-electron chi connectivity index (χ0n) is 13.4. The molecule has 1 unspecified atom stereocenters. The van der Waals surface area contributed by atoms with Gasteiger partial charge in [-0.05, 0) is 37.3 Å². The second kappa shape index (κ2) is 6.76. The maximum Gasteiger partial charge on any atom is 0.261 e. The summed E-state index contributed by atoms with van der Waals surface area (Å²) in [6.45, 7) is 1.79. The number of aryl methyl sites for hydroxylation is 1. The quantitative estimate of drug-likeness (QED) is 0.923. The molecule has 4 rings (SSSR count). The van der Waals surface area contributed by atoms with E-state index in [0.717, 1.165) is 50.3 Å². The molecule has 0 saturated carbocycles. The van der Waals surface area contributed by atoms with Crippen molar-refractivity contribution in [3.05, 3.63) is 36.0 Å². The third kappa shape index (κ3) is 3.21. The van der Waals surface area contributed by atoms with Crippen molar-refractivity contribution in [3.8, 4) is 5.75 Å². The summed E-state index contributed by atoms with van der Waals surface area (Å²) in [4.78, 5) is 14.7. The maximum atomic E-state index is 12.5. The van der Waals surface area contributed by atoms with Crippen LogP contribution in [-0.4, -0.2) is 39.9 Å². The molecular formula is C17H20N4O2S. The lowest BCUT2D eigenvalue weighted by atomic mass is 10.0. The van der Waals surface area contributed by atoms with E-state index < -0.39 is 0 Å². The molecule has 1 atom stereocenters. The summed E-state index contributed by atoms with van der Waals surface area (Å²) >= 11 is 1.23. The number of benzene rings is 1. The van der Waals surface area contributed by atoms with Crippen molar-refractivity contribution in [2.24, 2.45) is 0 Å². The number of ether oxygens (including phenoxy) is 1. The molecule has 0 spiro atoms. The number of carbonyl (C=O) groups excluding carboxylic acids is 1. The first-order valence-corrected chi connectivity index (χ1v) is 9.10. The summed E-state index contributed by atoms with van der Waals surface area (Å²) in [6.07, 6.45) is 4.91. The summed E-state index contributed by atoms with van der Waals surface area (Å²) in [5.41, 5.74) is 1.19. The number of rotatable bonds is 3. The van der Waals surface area contributed by atoms with Crippen LogP contribution in [0.1, 0.15) is 24.8 Å². The molecule has 6 nitrogen and oxygen atoms in total. The zero-order chi connectivity index (χ0) is 16.4. The highest BCUT2D eigenvalue weighted by Crippen LogP contribution is 2.27. The zero-order valence-corrected chi connectivity index (χ0v) is 14.2. The number of carbonyl (C=O) groups is 1. The predicted octanol–water partition coefficient (Wildman–Crippen LogP) is 2.02. The standard InChI is InChI=1S/C17H20N4O2S/c22-17(15-6-5-12-3-1-2-4-14(12)23-15)19-13-7-9-21(10-8-13)16-11-18-24-20-16/h1-4,11,13,15H,5-10H2,(H,19,22). The minimum Gasteiger partial charge on any atom is -0.480 e. The number of anilines is 1. The minimum atomic E-state index is -0.374. The van der Waals surface area contributed by atoms with Gasteiger partial charge in [0.15, 0.2) is 11.9 Å². The van der Waals surface area contributed by atoms with Crippen LogP contribution >= 0.6 is 11.7 Å². The van der Waals surface area contributed by atoms with Gasteiger partial charge in [0.05, 0.1) is 17.9 Å². The topological polar surface area (TPSA) is 67.4 Å². The van der Waals surface area contributed by atoms with Crippen LogP contribution in [0, 0.1) is 0 Å². The Kier molecular flexibility index (Phi) is 4.34. The van der Waals surface area contributed by atoms with Gasteiger partial charge in [-0.25, -0.2) is 0 Å². The molecule has 24 heavy (non-hydrogen) atoms. The van der Waals surface area contributed by atoms with Crippen LogP contribution in [-0.2, 0) is 11.2 Å². The minimum absolute atomic E-state index is 0.0123. The highest BCUT2D eigenvalue weighted by Gasteiger charge is 2.29. The van der Waals surface area contributed by atoms with E-state index in [1.807, 2.05) is 18.2 Å². The fourth-order valence-electron chi connectivity index (χ4n) is 3.35. The number of aromatic nitrogens is 2. The molecule has 0 bridgehead atoms. The first-order valence-electron chi connectivity index (χ1n) is 8.37. The normalized spacial score (nSPS) is 21.0. The van der Waals surface area contributed by atoms with E-state index in [1.165, 1.54) is 17.3 Å². The van der Waals surface area contributed by atoms with Crippen molar-refractivity contribution >= 4 is 23.5 Å². The summed E-state index contributed by atoms with van der Waals surface area (Å²) in [5.74, 6) is 1.80. The molecule has 2 aliphatic heterocycles. The Morgan fingerprint density at radius 3 is 2.88 bits per heavy atom. The van der Waals surface area contributed by atoms with Gasteiger partial charge in [0, 0.05) is 19.1 Å². The number of hydrogen-bond acceptors (Lipinski definition) is 6. The first-order chi connectivity index (χ1) is 11.8. The van der Waals surface area contributed by atoms with Crippen LogP contribution in [0.25, 0.3) is 0 Å². The van der Waals surface area contributed by atoms with Gasteiger partial charge in [-0.1, -0.05) is 18.2 Å². The Balaban J connectivity index is 1.30. The molecule has 1 N–H and O–H groups in total. The Labute approximate surface area is 145 Å². The predicted molar refractivity (Wildman–Crippen MR) is 92.5 cm³/mol. The van der Waals surface area contributed by atoms with Crippen molar-refractivity contribution in [2.45, 2.75) is 37.8 Å². The van der Waals surface area contributed by atoms with E-state index in [9.17, 15) is 4.79 Å². The van der Waals surface area contributed by atoms with Crippen molar-refractivity contribution in [1.82, 2.24) is 14.1 Å². The van der Waals surface area contributed by atoms with Crippen LogP contribution < -0.4 is 15.0 Å². The van der Waals surface area contributed by atoms with E-state index in [-0.39, 0.29) is 18.1 Å². The Hall–Kier alpha value is -2.15. The van der Waals surface area contributed by atoms with Crippen molar-refractivity contribution in [3.63, 3.8) is 0 Å². The summed E-state index contributed by atoms with van der Waals surface area (Å²) in [6, 6.07) is 8.17. The first kappa shape index (κ1) is 15.4. The van der Waals surface area contributed by atoms with Crippen molar-refractivity contribution in [1.29, 1.82) is 0 Å². The third-order valence-corrected chi connectivity index (χ3v) is 5.19. The SMILES string of the molecule is O=C(NC1CCN(c2cnsn2)CC1)C1CCc2ccccc2O1. The monoisotopic (exact) mass is 344 g/mol. The molecule has 2 aromatic rings. The lowest BCUT2D eigenvalue weighted by Gasteiger charge is -2.33. The number of piperidine rings is 1. The number of nitrogens with zero attached hydrogens (tertiary/aromatic N) is 3. The fourth-order valence-corrected chi connectivity index (χ4v) is 3.79. The van der Waals surface area contributed by atoms with Gasteiger partial charge in [0.1, 0.15) is 5.75 Å². The molecule has 3 heterocycles. The highest BCUT2D eigenvalue weighted by molar-refractivity contribution is 6.99. The lowest BCUT2D eigenvalue weighted by molar-refractivity contribution is -0.129. The molecule has 126 valence electrons. The smallest absolute Gasteiger partial charge is 0.261 e. The van der Waals surface area contributed by atoms with Crippen LogP contribution in [0.2, 0.25) is 0 Å². The van der Waals surface area contributed by atoms with Gasteiger partial charge < -0.3 is 15.0 Å².